The molecule has 0 spiro atoms. The summed E-state index contributed by atoms with van der Waals surface area (Å²) in [4.78, 5) is 14.1. The van der Waals surface area contributed by atoms with E-state index in [1.807, 2.05) is 4.90 Å². The lowest BCUT2D eigenvalue weighted by molar-refractivity contribution is 0.0515. The molecular formula is C12H18N4O. The largest absolute Gasteiger partial charge is 0.337 e. The van der Waals surface area contributed by atoms with Crippen LogP contribution in [0.1, 0.15) is 42.6 Å². The van der Waals surface area contributed by atoms with Gasteiger partial charge in [0.2, 0.25) is 0 Å². The molecule has 1 aliphatic carbocycles. The lowest BCUT2D eigenvalue weighted by Crippen LogP contribution is -2.44. The molecule has 2 atom stereocenters. The maximum Gasteiger partial charge on any atom is 0.276 e. The van der Waals surface area contributed by atoms with Crippen LogP contribution < -0.4 is 0 Å². The van der Waals surface area contributed by atoms with E-state index in [1.54, 1.807) is 0 Å². The first-order chi connectivity index (χ1) is 8.34. The van der Waals surface area contributed by atoms with Crippen LogP contribution in [0.4, 0.5) is 0 Å². The Labute approximate surface area is 101 Å². The molecule has 0 bridgehead atoms. The standard InChI is InChI=1S/C12H18N4O/c17-12(11-7-13-15-14-11)16-6-5-9-3-1-2-4-10(9)8-16/h7,9-10H,1-6,8H2,(H,13,14,15)/t9-,10-/m1/s1. The molecule has 1 saturated carbocycles. The summed E-state index contributed by atoms with van der Waals surface area (Å²) in [5, 5.41) is 10.1. The first-order valence-corrected chi connectivity index (χ1v) is 6.49. The summed E-state index contributed by atoms with van der Waals surface area (Å²) in [7, 11) is 0. The third-order valence-corrected chi connectivity index (χ3v) is 4.21. The molecule has 5 heteroatoms. The van der Waals surface area contributed by atoms with Crippen LogP contribution in [-0.2, 0) is 0 Å². The number of H-pyrrole nitrogens is 1. The maximum absolute atomic E-state index is 12.1. The number of amides is 1. The zero-order chi connectivity index (χ0) is 11.7. The summed E-state index contributed by atoms with van der Waals surface area (Å²) >= 11 is 0. The van der Waals surface area contributed by atoms with Crippen LogP contribution in [0.25, 0.3) is 0 Å². The minimum Gasteiger partial charge on any atom is -0.337 e. The van der Waals surface area contributed by atoms with Gasteiger partial charge in [0.05, 0.1) is 6.20 Å². The Bertz CT molecular complexity index is 389. The summed E-state index contributed by atoms with van der Waals surface area (Å²) < 4.78 is 0. The number of aromatic nitrogens is 3. The summed E-state index contributed by atoms with van der Waals surface area (Å²) in [5.41, 5.74) is 0.444. The highest BCUT2D eigenvalue weighted by atomic mass is 16.2. The molecule has 0 unspecified atom stereocenters. The SMILES string of the molecule is O=C(c1cn[nH]n1)N1CC[C@H]2CCCC[C@@H]2C1. The number of carbonyl (C=O) groups excluding carboxylic acids is 1. The van der Waals surface area contributed by atoms with E-state index in [9.17, 15) is 4.79 Å². The van der Waals surface area contributed by atoms with Crippen LogP contribution in [-0.4, -0.2) is 39.3 Å². The molecule has 1 aliphatic heterocycles. The van der Waals surface area contributed by atoms with Crippen LogP contribution in [0.15, 0.2) is 6.20 Å². The van der Waals surface area contributed by atoms with E-state index in [0.29, 0.717) is 11.6 Å². The van der Waals surface area contributed by atoms with E-state index in [-0.39, 0.29) is 5.91 Å². The van der Waals surface area contributed by atoms with Crippen molar-refractivity contribution in [2.45, 2.75) is 32.1 Å². The zero-order valence-corrected chi connectivity index (χ0v) is 9.93. The fourth-order valence-corrected chi connectivity index (χ4v) is 3.25. The topological polar surface area (TPSA) is 61.9 Å². The number of piperidine rings is 1. The zero-order valence-electron chi connectivity index (χ0n) is 9.93. The van der Waals surface area contributed by atoms with Crippen molar-refractivity contribution in [1.29, 1.82) is 0 Å². The van der Waals surface area contributed by atoms with Gasteiger partial charge in [0, 0.05) is 13.1 Å². The second-order valence-electron chi connectivity index (χ2n) is 5.20. The third-order valence-electron chi connectivity index (χ3n) is 4.21. The van der Waals surface area contributed by atoms with Crippen molar-refractivity contribution >= 4 is 5.91 Å². The minimum absolute atomic E-state index is 0.0303. The molecule has 1 aromatic heterocycles. The molecular weight excluding hydrogens is 216 g/mol. The van der Waals surface area contributed by atoms with Gasteiger partial charge in [-0.15, -0.1) is 0 Å². The van der Waals surface area contributed by atoms with E-state index in [0.717, 1.165) is 25.4 Å². The summed E-state index contributed by atoms with van der Waals surface area (Å²) in [6.45, 7) is 1.79. The van der Waals surface area contributed by atoms with E-state index in [2.05, 4.69) is 15.4 Å². The third kappa shape index (κ3) is 2.06. The Kier molecular flexibility index (Phi) is 2.82. The molecule has 3 rings (SSSR count). The van der Waals surface area contributed by atoms with Crippen molar-refractivity contribution < 1.29 is 4.79 Å². The van der Waals surface area contributed by atoms with Crippen molar-refractivity contribution in [1.82, 2.24) is 20.3 Å². The van der Waals surface area contributed by atoms with Gasteiger partial charge in [-0.3, -0.25) is 4.79 Å². The Hall–Kier alpha value is -1.39. The monoisotopic (exact) mass is 234 g/mol. The molecule has 0 aromatic carbocycles. The van der Waals surface area contributed by atoms with Crippen molar-refractivity contribution in [3.8, 4) is 0 Å². The van der Waals surface area contributed by atoms with Gasteiger partial charge in [0.25, 0.3) is 5.91 Å². The van der Waals surface area contributed by atoms with Crippen LogP contribution in [0.5, 0.6) is 0 Å². The van der Waals surface area contributed by atoms with Gasteiger partial charge < -0.3 is 4.90 Å². The average Bonchev–Trinajstić information content (AvgIpc) is 2.91. The molecule has 1 amide bonds. The van der Waals surface area contributed by atoms with Gasteiger partial charge >= 0.3 is 0 Å². The highest BCUT2D eigenvalue weighted by molar-refractivity contribution is 5.91. The summed E-state index contributed by atoms with van der Waals surface area (Å²) in [5.74, 6) is 1.60. The minimum atomic E-state index is 0.0303. The maximum atomic E-state index is 12.1. The highest BCUT2D eigenvalue weighted by Gasteiger charge is 2.33. The van der Waals surface area contributed by atoms with Crippen LogP contribution in [0.3, 0.4) is 0 Å². The molecule has 92 valence electrons. The smallest absolute Gasteiger partial charge is 0.276 e. The second kappa shape index (κ2) is 4.47. The number of nitrogens with zero attached hydrogens (tertiary/aromatic N) is 3. The number of likely N-dealkylation sites (tertiary alicyclic amines) is 1. The number of rotatable bonds is 1. The van der Waals surface area contributed by atoms with Crippen molar-refractivity contribution in [3.63, 3.8) is 0 Å². The number of fused-ring (bicyclic) bond motifs is 1. The summed E-state index contributed by atoms with van der Waals surface area (Å²) in [6, 6.07) is 0. The molecule has 0 radical (unpaired) electrons. The van der Waals surface area contributed by atoms with E-state index in [4.69, 9.17) is 0 Å². The van der Waals surface area contributed by atoms with Gasteiger partial charge in [-0.05, 0) is 24.7 Å². The van der Waals surface area contributed by atoms with Gasteiger partial charge in [-0.25, -0.2) is 0 Å². The van der Waals surface area contributed by atoms with E-state index < -0.39 is 0 Å². The molecule has 1 N–H and O–H groups in total. The average molecular weight is 234 g/mol. The number of aromatic amines is 1. The van der Waals surface area contributed by atoms with Crippen molar-refractivity contribution in [3.05, 3.63) is 11.9 Å². The quantitative estimate of drug-likeness (QED) is 0.800. The normalized spacial score (nSPS) is 28.8. The van der Waals surface area contributed by atoms with Crippen LogP contribution >= 0.6 is 0 Å². The van der Waals surface area contributed by atoms with Gasteiger partial charge in [0.15, 0.2) is 5.69 Å². The molecule has 1 aromatic rings. The molecule has 2 fully saturated rings. The fourth-order valence-electron chi connectivity index (χ4n) is 3.25. The number of nitrogens with one attached hydrogen (secondary N) is 1. The number of hydrogen-bond donors (Lipinski definition) is 1. The first-order valence-electron chi connectivity index (χ1n) is 6.49. The fraction of sp³-hybridized carbons (Fsp3) is 0.750. The van der Waals surface area contributed by atoms with Crippen LogP contribution in [0, 0.1) is 11.8 Å². The van der Waals surface area contributed by atoms with Crippen molar-refractivity contribution in [2.75, 3.05) is 13.1 Å². The van der Waals surface area contributed by atoms with Crippen molar-refractivity contribution in [2.24, 2.45) is 11.8 Å². The summed E-state index contributed by atoms with van der Waals surface area (Å²) in [6.07, 6.45) is 8.01. The first kappa shape index (κ1) is 10.7. The van der Waals surface area contributed by atoms with Gasteiger partial charge in [0.1, 0.15) is 0 Å². The molecule has 1 saturated heterocycles. The molecule has 2 aliphatic rings. The lowest BCUT2D eigenvalue weighted by atomic mass is 9.75. The van der Waals surface area contributed by atoms with Gasteiger partial charge in [-0.2, -0.15) is 15.4 Å². The Balaban J connectivity index is 1.67. The van der Waals surface area contributed by atoms with E-state index in [1.165, 1.54) is 31.9 Å². The molecule has 17 heavy (non-hydrogen) atoms. The predicted octanol–water partition coefficient (Wildman–Crippen LogP) is 1.46. The van der Waals surface area contributed by atoms with Gasteiger partial charge in [-0.1, -0.05) is 19.3 Å². The number of hydrogen-bond acceptors (Lipinski definition) is 3. The lowest BCUT2D eigenvalue weighted by Gasteiger charge is -2.41. The Morgan fingerprint density at radius 1 is 1.29 bits per heavy atom. The molecule has 2 heterocycles. The molecule has 5 nitrogen and oxygen atoms in total. The second-order valence-corrected chi connectivity index (χ2v) is 5.20. The highest BCUT2D eigenvalue weighted by Crippen LogP contribution is 2.36. The number of carbonyl (C=O) groups is 1. The van der Waals surface area contributed by atoms with E-state index >= 15 is 0 Å². The Morgan fingerprint density at radius 2 is 2.12 bits per heavy atom. The van der Waals surface area contributed by atoms with Crippen LogP contribution in [0.2, 0.25) is 0 Å². The predicted molar refractivity (Wildman–Crippen MR) is 62.4 cm³/mol. The Morgan fingerprint density at radius 3 is 2.88 bits per heavy atom.